The quantitative estimate of drug-likeness (QED) is 0.844. The number of Topliss-reactive ketones (excluding diaryl/α,β-unsaturated/α-hetero) is 1. The molecule has 1 N–H and O–H groups in total. The molecule has 18 heavy (non-hydrogen) atoms. The number of ketones is 1. The normalized spacial score (nSPS) is 23.7. The van der Waals surface area contributed by atoms with Gasteiger partial charge in [0, 0.05) is 23.6 Å². The number of hydrogen-bond acceptors (Lipinski definition) is 4. The van der Waals surface area contributed by atoms with Crippen LogP contribution in [0.15, 0.2) is 24.3 Å². The van der Waals surface area contributed by atoms with E-state index < -0.39 is 0 Å². The average molecular weight is 263 g/mol. The zero-order valence-electron chi connectivity index (χ0n) is 10.2. The number of carbonyl (C=O) groups is 1. The lowest BCUT2D eigenvalue weighted by molar-refractivity contribution is 0.0953. The highest BCUT2D eigenvalue weighted by Crippen LogP contribution is 2.27. The zero-order chi connectivity index (χ0) is 12.4. The largest absolute Gasteiger partial charge is 0.490 e. The summed E-state index contributed by atoms with van der Waals surface area (Å²) in [6, 6.07) is 7.53. The first-order valence-electron chi connectivity index (χ1n) is 6.45. The van der Waals surface area contributed by atoms with Crippen LogP contribution in [0.2, 0.25) is 0 Å². The molecule has 1 aromatic rings. The molecule has 1 aromatic carbocycles. The number of nitrogens with one attached hydrogen (secondary N) is 1. The van der Waals surface area contributed by atoms with Crippen molar-refractivity contribution in [1.29, 1.82) is 0 Å². The van der Waals surface area contributed by atoms with Crippen LogP contribution >= 0.6 is 11.8 Å². The fourth-order valence-electron chi connectivity index (χ4n) is 2.01. The maximum Gasteiger partial charge on any atom is 0.180 e. The van der Waals surface area contributed by atoms with Gasteiger partial charge in [-0.2, -0.15) is 11.8 Å². The van der Waals surface area contributed by atoms with Crippen molar-refractivity contribution in [1.82, 2.24) is 5.32 Å². The Morgan fingerprint density at radius 1 is 1.28 bits per heavy atom. The number of thioether (sulfide) groups is 1. The third-order valence-corrected chi connectivity index (χ3v) is 4.27. The topological polar surface area (TPSA) is 38.3 Å². The molecule has 1 aliphatic heterocycles. The summed E-state index contributed by atoms with van der Waals surface area (Å²) in [6.45, 7) is 0.921. The van der Waals surface area contributed by atoms with Crippen molar-refractivity contribution in [3.8, 4) is 5.75 Å². The number of rotatable bonds is 4. The SMILES string of the molecule is O=C(c1ccc(OC2CC2)cc1)C1CSCCN1. The summed E-state index contributed by atoms with van der Waals surface area (Å²) in [7, 11) is 0. The Labute approximate surface area is 111 Å². The van der Waals surface area contributed by atoms with E-state index in [9.17, 15) is 4.79 Å². The van der Waals surface area contributed by atoms with Crippen LogP contribution in [-0.4, -0.2) is 36.0 Å². The molecule has 1 saturated heterocycles. The Bertz CT molecular complexity index is 422. The van der Waals surface area contributed by atoms with Crippen molar-refractivity contribution >= 4 is 17.5 Å². The second-order valence-corrected chi connectivity index (χ2v) is 5.94. The molecule has 1 unspecified atom stereocenters. The fourth-order valence-corrected chi connectivity index (χ4v) is 2.94. The Kier molecular flexibility index (Phi) is 3.57. The molecule has 3 rings (SSSR count). The van der Waals surface area contributed by atoms with E-state index in [0.717, 1.165) is 42.2 Å². The van der Waals surface area contributed by atoms with Crippen LogP contribution in [0.25, 0.3) is 0 Å². The van der Waals surface area contributed by atoms with E-state index in [2.05, 4.69) is 5.32 Å². The second-order valence-electron chi connectivity index (χ2n) is 4.79. The van der Waals surface area contributed by atoms with Crippen LogP contribution in [0.1, 0.15) is 23.2 Å². The summed E-state index contributed by atoms with van der Waals surface area (Å²) in [6.07, 6.45) is 2.72. The van der Waals surface area contributed by atoms with Gasteiger partial charge in [-0.15, -0.1) is 0 Å². The van der Waals surface area contributed by atoms with E-state index in [1.54, 1.807) is 0 Å². The second kappa shape index (κ2) is 5.33. The smallest absolute Gasteiger partial charge is 0.180 e. The van der Waals surface area contributed by atoms with Gasteiger partial charge in [0.1, 0.15) is 5.75 Å². The van der Waals surface area contributed by atoms with E-state index in [0.29, 0.717) is 6.10 Å². The lowest BCUT2D eigenvalue weighted by Gasteiger charge is -2.21. The monoisotopic (exact) mass is 263 g/mol. The number of benzene rings is 1. The molecule has 2 aliphatic rings. The molecule has 0 amide bonds. The summed E-state index contributed by atoms with van der Waals surface area (Å²) in [5.41, 5.74) is 0.776. The van der Waals surface area contributed by atoms with E-state index in [-0.39, 0.29) is 11.8 Å². The van der Waals surface area contributed by atoms with Crippen LogP contribution in [0.3, 0.4) is 0 Å². The molecule has 1 saturated carbocycles. The Hall–Kier alpha value is -1.00. The third-order valence-electron chi connectivity index (χ3n) is 3.20. The first kappa shape index (κ1) is 12.1. The Balaban J connectivity index is 1.65. The Morgan fingerprint density at radius 3 is 2.67 bits per heavy atom. The van der Waals surface area contributed by atoms with E-state index >= 15 is 0 Å². The predicted octanol–water partition coefficient (Wildman–Crippen LogP) is 2.12. The summed E-state index contributed by atoms with van der Waals surface area (Å²) >= 11 is 1.84. The van der Waals surface area contributed by atoms with Crippen molar-refractivity contribution < 1.29 is 9.53 Å². The average Bonchev–Trinajstić information content (AvgIpc) is 3.24. The molecular formula is C14H17NO2S. The number of ether oxygens (including phenoxy) is 1. The minimum Gasteiger partial charge on any atom is -0.490 e. The highest BCUT2D eigenvalue weighted by Gasteiger charge is 2.24. The molecule has 0 aromatic heterocycles. The molecule has 1 heterocycles. The molecule has 0 bridgehead atoms. The van der Waals surface area contributed by atoms with E-state index in [1.165, 1.54) is 0 Å². The molecule has 3 nitrogen and oxygen atoms in total. The van der Waals surface area contributed by atoms with Gasteiger partial charge in [-0.25, -0.2) is 0 Å². The Morgan fingerprint density at radius 2 is 2.06 bits per heavy atom. The van der Waals surface area contributed by atoms with E-state index in [1.807, 2.05) is 36.0 Å². The van der Waals surface area contributed by atoms with Gasteiger partial charge in [-0.05, 0) is 37.1 Å². The maximum atomic E-state index is 12.2. The molecule has 96 valence electrons. The van der Waals surface area contributed by atoms with Crippen LogP contribution in [0.5, 0.6) is 5.75 Å². The highest BCUT2D eigenvalue weighted by molar-refractivity contribution is 7.99. The van der Waals surface area contributed by atoms with Crippen molar-refractivity contribution in [3.05, 3.63) is 29.8 Å². The van der Waals surface area contributed by atoms with Gasteiger partial charge in [0.05, 0.1) is 12.1 Å². The van der Waals surface area contributed by atoms with Gasteiger partial charge in [0.25, 0.3) is 0 Å². The van der Waals surface area contributed by atoms with Crippen LogP contribution in [0, 0.1) is 0 Å². The minimum absolute atomic E-state index is 0.0287. The fraction of sp³-hybridized carbons (Fsp3) is 0.500. The van der Waals surface area contributed by atoms with Crippen LogP contribution < -0.4 is 10.1 Å². The van der Waals surface area contributed by atoms with Crippen LogP contribution in [-0.2, 0) is 0 Å². The number of carbonyl (C=O) groups excluding carboxylic acids is 1. The predicted molar refractivity (Wildman–Crippen MR) is 73.5 cm³/mol. The van der Waals surface area contributed by atoms with Gasteiger partial charge >= 0.3 is 0 Å². The molecule has 2 fully saturated rings. The van der Waals surface area contributed by atoms with E-state index in [4.69, 9.17) is 4.74 Å². The third kappa shape index (κ3) is 2.87. The molecular weight excluding hydrogens is 246 g/mol. The van der Waals surface area contributed by atoms with Crippen molar-refractivity contribution in [2.75, 3.05) is 18.1 Å². The van der Waals surface area contributed by atoms with Crippen molar-refractivity contribution in [2.24, 2.45) is 0 Å². The van der Waals surface area contributed by atoms with Gasteiger partial charge in [0.15, 0.2) is 5.78 Å². The summed E-state index contributed by atoms with van der Waals surface area (Å²) in [5.74, 6) is 3.04. The summed E-state index contributed by atoms with van der Waals surface area (Å²) in [5, 5.41) is 3.27. The summed E-state index contributed by atoms with van der Waals surface area (Å²) in [4.78, 5) is 12.2. The standard InChI is InChI=1S/C14H17NO2S/c16-14(13-9-18-8-7-15-13)10-1-3-11(4-2-10)17-12-5-6-12/h1-4,12-13,15H,5-9H2. The number of hydrogen-bond donors (Lipinski definition) is 1. The molecule has 1 atom stereocenters. The van der Waals surface area contributed by atoms with Gasteiger partial charge in [0.2, 0.25) is 0 Å². The lowest BCUT2D eigenvalue weighted by Crippen LogP contribution is -2.43. The highest BCUT2D eigenvalue weighted by atomic mass is 32.2. The van der Waals surface area contributed by atoms with Gasteiger partial charge < -0.3 is 10.1 Å². The minimum atomic E-state index is -0.0287. The van der Waals surface area contributed by atoms with Crippen molar-refractivity contribution in [2.45, 2.75) is 25.0 Å². The summed E-state index contributed by atoms with van der Waals surface area (Å²) < 4.78 is 5.67. The molecule has 0 spiro atoms. The van der Waals surface area contributed by atoms with Gasteiger partial charge in [-0.1, -0.05) is 0 Å². The maximum absolute atomic E-state index is 12.2. The molecule has 0 radical (unpaired) electrons. The van der Waals surface area contributed by atoms with Crippen molar-refractivity contribution in [3.63, 3.8) is 0 Å². The first-order valence-corrected chi connectivity index (χ1v) is 7.60. The molecule has 4 heteroatoms. The lowest BCUT2D eigenvalue weighted by atomic mass is 10.1. The first-order chi connectivity index (χ1) is 8.83. The molecule has 1 aliphatic carbocycles. The van der Waals surface area contributed by atoms with Gasteiger partial charge in [-0.3, -0.25) is 4.79 Å². The van der Waals surface area contributed by atoms with Crippen LogP contribution in [0.4, 0.5) is 0 Å². The zero-order valence-corrected chi connectivity index (χ0v) is 11.0.